The van der Waals surface area contributed by atoms with Gasteiger partial charge in [-0.1, -0.05) is 24.3 Å². The van der Waals surface area contributed by atoms with Gasteiger partial charge < -0.3 is 5.73 Å². The van der Waals surface area contributed by atoms with Gasteiger partial charge in [0.25, 0.3) is 0 Å². The van der Waals surface area contributed by atoms with Crippen LogP contribution in [-0.4, -0.2) is 9.55 Å². The number of aromatic nitrogens is 2. The predicted octanol–water partition coefficient (Wildman–Crippen LogP) is 5.60. The van der Waals surface area contributed by atoms with Gasteiger partial charge in [-0.3, -0.25) is 4.57 Å². The topological polar surface area (TPSA) is 67.6 Å². The Hall–Kier alpha value is -3.63. The van der Waals surface area contributed by atoms with Gasteiger partial charge in [-0.25, -0.2) is 4.98 Å². The fourth-order valence-corrected chi connectivity index (χ4v) is 3.41. The van der Waals surface area contributed by atoms with E-state index in [2.05, 4.69) is 4.98 Å². The van der Waals surface area contributed by atoms with Crippen molar-refractivity contribution in [1.29, 1.82) is 5.26 Å². The number of benzene rings is 3. The zero-order chi connectivity index (χ0) is 21.5. The Labute approximate surface area is 171 Å². The van der Waals surface area contributed by atoms with Crippen LogP contribution in [0.25, 0.3) is 27.8 Å². The number of rotatable bonds is 3. The third kappa shape index (κ3) is 3.53. The van der Waals surface area contributed by atoms with Crippen molar-refractivity contribution in [3.05, 3.63) is 83.7 Å². The summed E-state index contributed by atoms with van der Waals surface area (Å²) in [6, 6.07) is 18.1. The van der Waals surface area contributed by atoms with Crippen molar-refractivity contribution in [1.82, 2.24) is 9.55 Å². The fourth-order valence-electron chi connectivity index (χ4n) is 3.41. The van der Waals surface area contributed by atoms with Gasteiger partial charge in [-0.15, -0.1) is 0 Å². The standard InChI is InChI=1S/C23H17F3N4/c1-14(28)15-5-8-22-21(11-15)29-13-30(22)19-4-2-3-16(10-19)20-7-6-18(23(24,25)26)9-17(20)12-27/h2-11,13-14H,28H2,1H3/t14-/m1/s1. The molecule has 7 heteroatoms. The quantitative estimate of drug-likeness (QED) is 0.481. The zero-order valence-electron chi connectivity index (χ0n) is 16.0. The molecule has 4 nitrogen and oxygen atoms in total. The number of alkyl halides is 3. The van der Waals surface area contributed by atoms with Crippen molar-refractivity contribution >= 4 is 11.0 Å². The van der Waals surface area contributed by atoms with Gasteiger partial charge in [0.1, 0.15) is 6.33 Å². The van der Waals surface area contributed by atoms with Crippen LogP contribution in [0, 0.1) is 11.3 Å². The minimum atomic E-state index is -4.50. The number of imidazole rings is 1. The van der Waals surface area contributed by atoms with Crippen LogP contribution >= 0.6 is 0 Å². The molecule has 0 saturated heterocycles. The van der Waals surface area contributed by atoms with Crippen LogP contribution in [0.4, 0.5) is 13.2 Å². The van der Waals surface area contributed by atoms with Crippen molar-refractivity contribution in [3.63, 3.8) is 0 Å². The van der Waals surface area contributed by atoms with E-state index in [0.717, 1.165) is 34.4 Å². The number of nitrogens with two attached hydrogens (primary N) is 1. The first-order chi connectivity index (χ1) is 14.3. The second kappa shape index (κ2) is 7.32. The van der Waals surface area contributed by atoms with Crippen molar-refractivity contribution in [2.75, 3.05) is 0 Å². The second-order valence-electron chi connectivity index (χ2n) is 7.07. The van der Waals surface area contributed by atoms with Gasteiger partial charge in [0.05, 0.1) is 28.2 Å². The number of nitriles is 1. The van der Waals surface area contributed by atoms with Gasteiger partial charge in [0, 0.05) is 11.7 Å². The van der Waals surface area contributed by atoms with Gasteiger partial charge in [-0.05, 0) is 60.0 Å². The molecule has 1 atom stereocenters. The molecular weight excluding hydrogens is 389 g/mol. The molecule has 3 aromatic carbocycles. The molecule has 0 radical (unpaired) electrons. The average molecular weight is 406 g/mol. The number of hydrogen-bond acceptors (Lipinski definition) is 3. The number of halogens is 3. The van der Waals surface area contributed by atoms with E-state index in [1.54, 1.807) is 18.5 Å². The second-order valence-corrected chi connectivity index (χ2v) is 7.07. The van der Waals surface area contributed by atoms with Crippen LogP contribution in [0.3, 0.4) is 0 Å². The van der Waals surface area contributed by atoms with Crippen LogP contribution in [0.5, 0.6) is 0 Å². The Bertz CT molecular complexity index is 1280. The highest BCUT2D eigenvalue weighted by atomic mass is 19.4. The first-order valence-corrected chi connectivity index (χ1v) is 9.22. The highest BCUT2D eigenvalue weighted by molar-refractivity contribution is 5.79. The summed E-state index contributed by atoms with van der Waals surface area (Å²) >= 11 is 0. The third-order valence-corrected chi connectivity index (χ3v) is 5.00. The molecule has 0 aliphatic heterocycles. The molecule has 0 amide bonds. The summed E-state index contributed by atoms with van der Waals surface area (Å²) in [4.78, 5) is 4.44. The third-order valence-electron chi connectivity index (χ3n) is 5.00. The van der Waals surface area contributed by atoms with Crippen LogP contribution in [0.2, 0.25) is 0 Å². The molecule has 0 bridgehead atoms. The molecule has 1 heterocycles. The summed E-state index contributed by atoms with van der Waals surface area (Å²) in [5.41, 5.74) is 9.59. The predicted molar refractivity (Wildman–Crippen MR) is 109 cm³/mol. The number of hydrogen-bond donors (Lipinski definition) is 1. The minimum Gasteiger partial charge on any atom is -0.324 e. The highest BCUT2D eigenvalue weighted by Gasteiger charge is 2.31. The van der Waals surface area contributed by atoms with E-state index in [0.29, 0.717) is 11.1 Å². The van der Waals surface area contributed by atoms with Gasteiger partial charge in [-0.2, -0.15) is 18.4 Å². The number of fused-ring (bicyclic) bond motifs is 1. The molecule has 150 valence electrons. The molecular formula is C23H17F3N4. The van der Waals surface area contributed by atoms with Crippen molar-refractivity contribution in [2.45, 2.75) is 19.1 Å². The highest BCUT2D eigenvalue weighted by Crippen LogP contribution is 2.34. The summed E-state index contributed by atoms with van der Waals surface area (Å²) in [6.07, 6.45) is -2.81. The SMILES string of the molecule is C[C@@H](N)c1ccc2c(c1)ncn2-c1cccc(-c2ccc(C(F)(F)F)cc2C#N)c1. The maximum Gasteiger partial charge on any atom is 0.416 e. The maximum absolute atomic E-state index is 13.0. The van der Waals surface area contributed by atoms with Crippen LogP contribution in [-0.2, 0) is 6.18 Å². The molecule has 4 aromatic rings. The van der Waals surface area contributed by atoms with E-state index >= 15 is 0 Å². The smallest absolute Gasteiger partial charge is 0.324 e. The van der Waals surface area contributed by atoms with Crippen molar-refractivity contribution < 1.29 is 13.2 Å². The Morgan fingerprint density at radius 2 is 1.87 bits per heavy atom. The lowest BCUT2D eigenvalue weighted by Gasteiger charge is -2.12. The summed E-state index contributed by atoms with van der Waals surface area (Å²) in [7, 11) is 0. The van der Waals surface area contributed by atoms with Gasteiger partial charge in [0.2, 0.25) is 0 Å². The summed E-state index contributed by atoms with van der Waals surface area (Å²) in [5, 5.41) is 9.39. The van der Waals surface area contributed by atoms with Gasteiger partial charge in [0.15, 0.2) is 0 Å². The lowest BCUT2D eigenvalue weighted by atomic mass is 9.97. The Balaban J connectivity index is 1.79. The molecule has 0 fully saturated rings. The first kappa shape index (κ1) is 19.7. The van der Waals surface area contributed by atoms with Gasteiger partial charge >= 0.3 is 6.18 Å². The molecule has 0 unspecified atom stereocenters. The van der Waals surface area contributed by atoms with E-state index in [9.17, 15) is 18.4 Å². The average Bonchev–Trinajstić information content (AvgIpc) is 3.16. The summed E-state index contributed by atoms with van der Waals surface area (Å²) < 4.78 is 40.9. The Kier molecular flexibility index (Phi) is 4.80. The normalized spacial score (nSPS) is 12.7. The molecule has 1 aromatic heterocycles. The Morgan fingerprint density at radius 3 is 2.57 bits per heavy atom. The van der Waals surface area contributed by atoms with E-state index in [-0.39, 0.29) is 11.6 Å². The fraction of sp³-hybridized carbons (Fsp3) is 0.130. The first-order valence-electron chi connectivity index (χ1n) is 9.22. The zero-order valence-corrected chi connectivity index (χ0v) is 16.0. The van der Waals surface area contributed by atoms with Crippen LogP contribution < -0.4 is 5.73 Å². The van der Waals surface area contributed by atoms with E-state index in [4.69, 9.17) is 5.73 Å². The Morgan fingerprint density at radius 1 is 1.07 bits per heavy atom. The molecule has 0 aliphatic rings. The lowest BCUT2D eigenvalue weighted by Crippen LogP contribution is -2.05. The lowest BCUT2D eigenvalue weighted by molar-refractivity contribution is -0.137. The maximum atomic E-state index is 13.0. The van der Waals surface area contributed by atoms with E-state index in [1.165, 1.54) is 6.07 Å². The summed E-state index contributed by atoms with van der Waals surface area (Å²) in [5.74, 6) is 0. The molecule has 0 saturated carbocycles. The monoisotopic (exact) mass is 406 g/mol. The molecule has 2 N–H and O–H groups in total. The van der Waals surface area contributed by atoms with Crippen LogP contribution in [0.1, 0.15) is 29.7 Å². The van der Waals surface area contributed by atoms with E-state index < -0.39 is 11.7 Å². The molecule has 30 heavy (non-hydrogen) atoms. The number of nitrogens with zero attached hydrogens (tertiary/aromatic N) is 3. The van der Waals surface area contributed by atoms with Crippen molar-refractivity contribution in [3.8, 4) is 22.9 Å². The summed E-state index contributed by atoms with van der Waals surface area (Å²) in [6.45, 7) is 1.90. The molecule has 0 aliphatic carbocycles. The van der Waals surface area contributed by atoms with Crippen molar-refractivity contribution in [2.24, 2.45) is 5.73 Å². The van der Waals surface area contributed by atoms with E-state index in [1.807, 2.05) is 47.9 Å². The van der Waals surface area contributed by atoms with Crippen LogP contribution in [0.15, 0.2) is 67.0 Å². The molecule has 4 rings (SSSR count). The largest absolute Gasteiger partial charge is 0.416 e. The minimum absolute atomic E-state index is 0.0287. The molecule has 0 spiro atoms.